The molecule has 0 amide bonds. The van der Waals surface area contributed by atoms with Gasteiger partial charge in [0.1, 0.15) is 0 Å². The van der Waals surface area contributed by atoms with Gasteiger partial charge in [-0.05, 0) is 25.3 Å². The van der Waals surface area contributed by atoms with Crippen molar-refractivity contribution in [1.82, 2.24) is 4.98 Å². The fraction of sp³-hybridized carbons (Fsp3) is 0.538. The predicted molar refractivity (Wildman–Crippen MR) is 67.7 cm³/mol. The zero-order valence-electron chi connectivity index (χ0n) is 10.7. The van der Waals surface area contributed by atoms with Crippen LogP contribution in [0.3, 0.4) is 0 Å². The normalized spacial score (nSPS) is 12.2. The van der Waals surface area contributed by atoms with Crippen LogP contribution in [0.5, 0.6) is 0 Å². The molecule has 1 unspecified atom stereocenters. The van der Waals surface area contributed by atoms with Crippen molar-refractivity contribution >= 4 is 11.7 Å². The molecule has 17 heavy (non-hydrogen) atoms. The number of nitrogen functional groups attached to an aromatic ring is 1. The zero-order valence-corrected chi connectivity index (χ0v) is 10.7. The number of anilines is 1. The van der Waals surface area contributed by atoms with Crippen LogP contribution >= 0.6 is 0 Å². The monoisotopic (exact) mass is 236 g/mol. The number of nitrogens with zero attached hydrogens (tertiary/aromatic N) is 1. The van der Waals surface area contributed by atoms with E-state index in [9.17, 15) is 4.79 Å². The van der Waals surface area contributed by atoms with Gasteiger partial charge in [0.15, 0.2) is 0 Å². The molecule has 0 saturated carbocycles. The SMILES string of the molecule is CCCC(C)COC(=O)c1cc(N)cnc1C. The van der Waals surface area contributed by atoms with Crippen LogP contribution in [0.15, 0.2) is 12.3 Å². The van der Waals surface area contributed by atoms with Gasteiger partial charge in [-0.1, -0.05) is 20.3 Å². The number of pyridine rings is 1. The first kappa shape index (κ1) is 13.5. The van der Waals surface area contributed by atoms with Gasteiger partial charge in [-0.2, -0.15) is 0 Å². The fourth-order valence-electron chi connectivity index (χ4n) is 1.63. The van der Waals surface area contributed by atoms with Crippen LogP contribution in [0, 0.1) is 12.8 Å². The van der Waals surface area contributed by atoms with Crippen LogP contribution < -0.4 is 5.73 Å². The first-order valence-electron chi connectivity index (χ1n) is 5.93. The highest BCUT2D eigenvalue weighted by atomic mass is 16.5. The number of carbonyl (C=O) groups excluding carboxylic acids is 1. The van der Waals surface area contributed by atoms with Crippen molar-refractivity contribution in [3.63, 3.8) is 0 Å². The van der Waals surface area contributed by atoms with Crippen molar-refractivity contribution in [2.45, 2.75) is 33.6 Å². The Kier molecular flexibility index (Phi) is 4.94. The van der Waals surface area contributed by atoms with Crippen LogP contribution in [-0.4, -0.2) is 17.6 Å². The quantitative estimate of drug-likeness (QED) is 0.798. The summed E-state index contributed by atoms with van der Waals surface area (Å²) in [6.07, 6.45) is 3.69. The minimum absolute atomic E-state index is 0.342. The number of hydrogen-bond acceptors (Lipinski definition) is 4. The van der Waals surface area contributed by atoms with Gasteiger partial charge in [0.2, 0.25) is 0 Å². The van der Waals surface area contributed by atoms with Gasteiger partial charge in [0.05, 0.1) is 29.7 Å². The van der Waals surface area contributed by atoms with Crippen molar-refractivity contribution < 1.29 is 9.53 Å². The molecule has 2 N–H and O–H groups in total. The van der Waals surface area contributed by atoms with E-state index < -0.39 is 0 Å². The molecule has 0 radical (unpaired) electrons. The summed E-state index contributed by atoms with van der Waals surface area (Å²) in [5.74, 6) is 0.0449. The molecule has 1 atom stereocenters. The largest absolute Gasteiger partial charge is 0.462 e. The maximum absolute atomic E-state index is 11.8. The summed E-state index contributed by atoms with van der Waals surface area (Å²) in [6, 6.07) is 1.61. The first-order chi connectivity index (χ1) is 8.04. The average molecular weight is 236 g/mol. The summed E-state index contributed by atoms with van der Waals surface area (Å²) >= 11 is 0. The number of ether oxygens (including phenoxy) is 1. The van der Waals surface area contributed by atoms with E-state index in [1.54, 1.807) is 13.0 Å². The molecule has 0 spiro atoms. The second kappa shape index (κ2) is 6.23. The third-order valence-corrected chi connectivity index (χ3v) is 2.61. The van der Waals surface area contributed by atoms with Gasteiger partial charge in [-0.25, -0.2) is 4.79 Å². The average Bonchev–Trinajstić information content (AvgIpc) is 2.29. The van der Waals surface area contributed by atoms with E-state index in [2.05, 4.69) is 18.8 Å². The minimum atomic E-state index is -0.342. The van der Waals surface area contributed by atoms with E-state index in [4.69, 9.17) is 10.5 Å². The predicted octanol–water partition coefficient (Wildman–Crippen LogP) is 2.57. The molecular weight excluding hydrogens is 216 g/mol. The van der Waals surface area contributed by atoms with E-state index in [0.717, 1.165) is 12.8 Å². The standard InChI is InChI=1S/C13H20N2O2/c1-4-5-9(2)8-17-13(16)12-6-11(14)7-15-10(12)3/h6-7,9H,4-5,8,14H2,1-3H3. The van der Waals surface area contributed by atoms with Crippen LogP contribution in [0.2, 0.25) is 0 Å². The van der Waals surface area contributed by atoms with Gasteiger partial charge < -0.3 is 10.5 Å². The smallest absolute Gasteiger partial charge is 0.340 e. The van der Waals surface area contributed by atoms with Gasteiger partial charge in [0, 0.05) is 0 Å². The molecular formula is C13H20N2O2. The van der Waals surface area contributed by atoms with Crippen LogP contribution in [0.4, 0.5) is 5.69 Å². The van der Waals surface area contributed by atoms with E-state index in [1.165, 1.54) is 6.20 Å². The summed E-state index contributed by atoms with van der Waals surface area (Å²) < 4.78 is 5.24. The molecule has 1 aromatic rings. The molecule has 1 heterocycles. The lowest BCUT2D eigenvalue weighted by molar-refractivity contribution is 0.0442. The Bertz CT molecular complexity index is 391. The molecule has 0 aliphatic heterocycles. The molecule has 4 nitrogen and oxygen atoms in total. The lowest BCUT2D eigenvalue weighted by Crippen LogP contribution is -2.14. The third kappa shape index (κ3) is 4.06. The Balaban J connectivity index is 2.61. The Morgan fingerprint density at radius 1 is 1.59 bits per heavy atom. The van der Waals surface area contributed by atoms with Crippen LogP contribution in [0.1, 0.15) is 42.7 Å². The van der Waals surface area contributed by atoms with Gasteiger partial charge in [-0.15, -0.1) is 0 Å². The molecule has 0 aliphatic carbocycles. The Morgan fingerprint density at radius 2 is 2.29 bits per heavy atom. The van der Waals surface area contributed by atoms with E-state index >= 15 is 0 Å². The first-order valence-corrected chi connectivity index (χ1v) is 5.93. The molecule has 0 saturated heterocycles. The van der Waals surface area contributed by atoms with Crippen LogP contribution in [-0.2, 0) is 4.74 Å². The topological polar surface area (TPSA) is 65.2 Å². The minimum Gasteiger partial charge on any atom is -0.462 e. The molecule has 4 heteroatoms. The Labute approximate surface area is 102 Å². The summed E-state index contributed by atoms with van der Waals surface area (Å²) in [5, 5.41) is 0. The summed E-state index contributed by atoms with van der Waals surface area (Å²) in [6.45, 7) is 6.40. The highest BCUT2D eigenvalue weighted by Gasteiger charge is 2.13. The molecule has 0 bridgehead atoms. The maximum atomic E-state index is 11.8. The summed E-state index contributed by atoms with van der Waals surface area (Å²) in [7, 11) is 0. The number of aryl methyl sites for hydroxylation is 1. The molecule has 1 aromatic heterocycles. The van der Waals surface area contributed by atoms with E-state index in [-0.39, 0.29) is 5.97 Å². The maximum Gasteiger partial charge on any atom is 0.340 e. The van der Waals surface area contributed by atoms with Gasteiger partial charge in [-0.3, -0.25) is 4.98 Å². The Morgan fingerprint density at radius 3 is 2.94 bits per heavy atom. The van der Waals surface area contributed by atoms with Crippen molar-refractivity contribution in [3.05, 3.63) is 23.5 Å². The molecule has 1 rings (SSSR count). The van der Waals surface area contributed by atoms with Crippen molar-refractivity contribution in [1.29, 1.82) is 0 Å². The van der Waals surface area contributed by atoms with Crippen molar-refractivity contribution in [3.8, 4) is 0 Å². The zero-order chi connectivity index (χ0) is 12.8. The number of nitrogens with two attached hydrogens (primary N) is 1. The second-order valence-electron chi connectivity index (χ2n) is 4.39. The van der Waals surface area contributed by atoms with Crippen molar-refractivity contribution in [2.75, 3.05) is 12.3 Å². The second-order valence-corrected chi connectivity index (χ2v) is 4.39. The van der Waals surface area contributed by atoms with E-state index in [0.29, 0.717) is 29.5 Å². The van der Waals surface area contributed by atoms with E-state index in [1.807, 2.05) is 0 Å². The third-order valence-electron chi connectivity index (χ3n) is 2.61. The molecule has 0 aromatic carbocycles. The lowest BCUT2D eigenvalue weighted by Gasteiger charge is -2.11. The van der Waals surface area contributed by atoms with Gasteiger partial charge >= 0.3 is 5.97 Å². The molecule has 94 valence electrons. The lowest BCUT2D eigenvalue weighted by atomic mass is 10.1. The number of hydrogen-bond donors (Lipinski definition) is 1. The molecule has 0 aliphatic rings. The number of rotatable bonds is 5. The highest BCUT2D eigenvalue weighted by molar-refractivity contribution is 5.91. The molecule has 0 fully saturated rings. The number of esters is 1. The fourth-order valence-corrected chi connectivity index (χ4v) is 1.63. The summed E-state index contributed by atoms with van der Waals surface area (Å²) in [5.41, 5.74) is 7.17. The Hall–Kier alpha value is -1.58. The number of carbonyl (C=O) groups is 1. The highest BCUT2D eigenvalue weighted by Crippen LogP contribution is 2.12. The summed E-state index contributed by atoms with van der Waals surface area (Å²) in [4.78, 5) is 15.8. The number of aromatic nitrogens is 1. The van der Waals surface area contributed by atoms with Crippen LogP contribution in [0.25, 0.3) is 0 Å². The van der Waals surface area contributed by atoms with Gasteiger partial charge in [0.25, 0.3) is 0 Å². The van der Waals surface area contributed by atoms with Crippen molar-refractivity contribution in [2.24, 2.45) is 5.92 Å².